The number of nitrogens with zero attached hydrogens (tertiary/aromatic N) is 2. The molecule has 0 amide bonds. The van der Waals surface area contributed by atoms with Crippen molar-refractivity contribution >= 4 is 5.69 Å². The molecule has 1 aromatic heterocycles. The Bertz CT molecular complexity index is 343. The van der Waals surface area contributed by atoms with Gasteiger partial charge in [0.1, 0.15) is 0 Å². The van der Waals surface area contributed by atoms with Crippen molar-refractivity contribution in [3.63, 3.8) is 0 Å². The van der Waals surface area contributed by atoms with Crippen LogP contribution in [-0.4, -0.2) is 42.2 Å². The van der Waals surface area contributed by atoms with Gasteiger partial charge in [0.2, 0.25) is 0 Å². The minimum atomic E-state index is 0.435. The van der Waals surface area contributed by atoms with E-state index in [2.05, 4.69) is 16.6 Å². The van der Waals surface area contributed by atoms with Crippen LogP contribution < -0.4 is 5.32 Å². The van der Waals surface area contributed by atoms with Gasteiger partial charge < -0.3 is 14.8 Å². The monoisotopic (exact) mass is 223 g/mol. The molecule has 2 aliphatic rings. The van der Waals surface area contributed by atoms with E-state index >= 15 is 0 Å². The molecule has 0 spiro atoms. The van der Waals surface area contributed by atoms with E-state index in [0.717, 1.165) is 45.0 Å². The lowest BCUT2D eigenvalue weighted by molar-refractivity contribution is -0.0286. The molecule has 16 heavy (non-hydrogen) atoms. The smallest absolute Gasteiger partial charge is 0.0986 e. The molecule has 0 atom stereocenters. The molecule has 1 N–H and O–H groups in total. The number of hydrogen-bond donors (Lipinski definition) is 1. The number of nitrogens with one attached hydrogen (secondary N) is 1. The Hall–Kier alpha value is -1.07. The standard InChI is InChI=1S/C11H17N3O2/c1-3-15-4-2-9(1)13-10-5-12-14(6-10)11-7-16-8-11/h5-6,9,11,13H,1-4,7-8H2. The normalized spacial score (nSPS) is 23.0. The van der Waals surface area contributed by atoms with Crippen molar-refractivity contribution in [1.29, 1.82) is 0 Å². The molecule has 0 bridgehead atoms. The summed E-state index contributed by atoms with van der Waals surface area (Å²) in [6.45, 7) is 3.31. The molecular formula is C11H17N3O2. The predicted octanol–water partition coefficient (Wildman–Crippen LogP) is 1.05. The quantitative estimate of drug-likeness (QED) is 0.832. The summed E-state index contributed by atoms with van der Waals surface area (Å²) in [5.74, 6) is 0. The van der Waals surface area contributed by atoms with Crippen molar-refractivity contribution in [1.82, 2.24) is 9.78 Å². The van der Waals surface area contributed by atoms with Crippen LogP contribution in [0.15, 0.2) is 12.4 Å². The third-order valence-electron chi connectivity index (χ3n) is 3.19. The highest BCUT2D eigenvalue weighted by Crippen LogP contribution is 2.20. The predicted molar refractivity (Wildman–Crippen MR) is 59.5 cm³/mol. The van der Waals surface area contributed by atoms with Gasteiger partial charge in [0.05, 0.1) is 31.1 Å². The van der Waals surface area contributed by atoms with Crippen molar-refractivity contribution in [2.24, 2.45) is 0 Å². The van der Waals surface area contributed by atoms with Crippen LogP contribution in [0.1, 0.15) is 18.9 Å². The second-order valence-corrected chi connectivity index (χ2v) is 4.43. The van der Waals surface area contributed by atoms with Gasteiger partial charge in [-0.1, -0.05) is 0 Å². The first-order valence-electron chi connectivity index (χ1n) is 5.88. The molecule has 0 aliphatic carbocycles. The summed E-state index contributed by atoms with van der Waals surface area (Å²) in [6.07, 6.45) is 6.13. The summed E-state index contributed by atoms with van der Waals surface area (Å²) in [6, 6.07) is 0.967. The van der Waals surface area contributed by atoms with Crippen LogP contribution >= 0.6 is 0 Å². The fraction of sp³-hybridized carbons (Fsp3) is 0.727. The Morgan fingerprint density at radius 1 is 1.25 bits per heavy atom. The zero-order valence-electron chi connectivity index (χ0n) is 9.26. The van der Waals surface area contributed by atoms with E-state index in [9.17, 15) is 0 Å². The topological polar surface area (TPSA) is 48.3 Å². The van der Waals surface area contributed by atoms with E-state index in [-0.39, 0.29) is 0 Å². The van der Waals surface area contributed by atoms with Crippen molar-refractivity contribution in [3.8, 4) is 0 Å². The van der Waals surface area contributed by atoms with Crippen LogP contribution in [0, 0.1) is 0 Å². The van der Waals surface area contributed by atoms with Crippen molar-refractivity contribution in [2.45, 2.75) is 24.9 Å². The fourth-order valence-electron chi connectivity index (χ4n) is 2.07. The molecule has 0 unspecified atom stereocenters. The maximum absolute atomic E-state index is 5.33. The zero-order chi connectivity index (χ0) is 10.8. The van der Waals surface area contributed by atoms with Crippen molar-refractivity contribution in [3.05, 3.63) is 12.4 Å². The maximum Gasteiger partial charge on any atom is 0.0986 e. The molecule has 3 heterocycles. The van der Waals surface area contributed by atoms with Gasteiger partial charge in [-0.25, -0.2) is 0 Å². The van der Waals surface area contributed by atoms with Crippen molar-refractivity contribution in [2.75, 3.05) is 31.7 Å². The number of ether oxygens (including phenoxy) is 2. The first-order valence-corrected chi connectivity index (χ1v) is 5.88. The van der Waals surface area contributed by atoms with Gasteiger partial charge in [-0.2, -0.15) is 5.10 Å². The lowest BCUT2D eigenvalue weighted by Gasteiger charge is -2.26. The molecule has 3 rings (SSSR count). The zero-order valence-corrected chi connectivity index (χ0v) is 9.26. The van der Waals surface area contributed by atoms with Gasteiger partial charge in [-0.15, -0.1) is 0 Å². The van der Waals surface area contributed by atoms with E-state index in [1.54, 1.807) is 0 Å². The largest absolute Gasteiger partial charge is 0.381 e. The van der Waals surface area contributed by atoms with Gasteiger partial charge in [0, 0.05) is 25.5 Å². The van der Waals surface area contributed by atoms with E-state index in [0.29, 0.717) is 12.1 Å². The molecule has 2 fully saturated rings. The molecule has 88 valence electrons. The SMILES string of the molecule is c1nn(C2COC2)cc1NC1CCOCC1. The molecular weight excluding hydrogens is 206 g/mol. The average molecular weight is 223 g/mol. The minimum absolute atomic E-state index is 0.435. The molecule has 2 aliphatic heterocycles. The van der Waals surface area contributed by atoms with Crippen LogP contribution in [0.5, 0.6) is 0 Å². The Morgan fingerprint density at radius 2 is 2.06 bits per heavy atom. The third kappa shape index (κ3) is 2.05. The average Bonchev–Trinajstić information content (AvgIpc) is 2.65. The third-order valence-corrected chi connectivity index (χ3v) is 3.19. The molecule has 5 nitrogen and oxygen atoms in total. The maximum atomic E-state index is 5.33. The van der Waals surface area contributed by atoms with E-state index < -0.39 is 0 Å². The van der Waals surface area contributed by atoms with E-state index in [4.69, 9.17) is 9.47 Å². The molecule has 2 saturated heterocycles. The van der Waals surface area contributed by atoms with Crippen LogP contribution in [0.3, 0.4) is 0 Å². The van der Waals surface area contributed by atoms with Crippen molar-refractivity contribution < 1.29 is 9.47 Å². The van der Waals surface area contributed by atoms with Crippen LogP contribution in [0.25, 0.3) is 0 Å². The van der Waals surface area contributed by atoms with E-state index in [1.807, 2.05) is 10.9 Å². The van der Waals surface area contributed by atoms with Crippen LogP contribution in [0.4, 0.5) is 5.69 Å². The second kappa shape index (κ2) is 4.43. The Labute approximate surface area is 94.7 Å². The van der Waals surface area contributed by atoms with Gasteiger partial charge >= 0.3 is 0 Å². The first-order chi connectivity index (χ1) is 7.92. The summed E-state index contributed by atoms with van der Waals surface area (Å²) >= 11 is 0. The number of anilines is 1. The summed E-state index contributed by atoms with van der Waals surface area (Å²) in [5, 5.41) is 7.85. The van der Waals surface area contributed by atoms with Crippen LogP contribution in [-0.2, 0) is 9.47 Å². The molecule has 1 aromatic rings. The Balaban J connectivity index is 1.58. The molecule has 0 aromatic carbocycles. The minimum Gasteiger partial charge on any atom is -0.381 e. The Kier molecular flexibility index (Phi) is 2.80. The number of hydrogen-bond acceptors (Lipinski definition) is 4. The first kappa shape index (κ1) is 10.1. The van der Waals surface area contributed by atoms with Gasteiger partial charge in [0.15, 0.2) is 0 Å². The number of rotatable bonds is 3. The summed E-state index contributed by atoms with van der Waals surface area (Å²) < 4.78 is 12.5. The summed E-state index contributed by atoms with van der Waals surface area (Å²) in [4.78, 5) is 0. The highest BCUT2D eigenvalue weighted by Gasteiger charge is 2.21. The van der Waals surface area contributed by atoms with Gasteiger partial charge in [0.25, 0.3) is 0 Å². The lowest BCUT2D eigenvalue weighted by Crippen LogP contribution is -2.31. The number of aromatic nitrogens is 2. The molecule has 0 radical (unpaired) electrons. The highest BCUT2D eigenvalue weighted by atomic mass is 16.5. The highest BCUT2D eigenvalue weighted by molar-refractivity contribution is 5.39. The Morgan fingerprint density at radius 3 is 2.75 bits per heavy atom. The fourth-order valence-corrected chi connectivity index (χ4v) is 2.07. The summed E-state index contributed by atoms with van der Waals surface area (Å²) in [5.41, 5.74) is 1.11. The second-order valence-electron chi connectivity index (χ2n) is 4.43. The summed E-state index contributed by atoms with van der Waals surface area (Å²) in [7, 11) is 0. The molecule has 0 saturated carbocycles. The van der Waals surface area contributed by atoms with Gasteiger partial charge in [-0.3, -0.25) is 4.68 Å². The van der Waals surface area contributed by atoms with Crippen LogP contribution in [0.2, 0.25) is 0 Å². The lowest BCUT2D eigenvalue weighted by atomic mass is 10.1. The van der Waals surface area contributed by atoms with Gasteiger partial charge in [-0.05, 0) is 12.8 Å². The molecule has 5 heteroatoms. The van der Waals surface area contributed by atoms with E-state index in [1.165, 1.54) is 0 Å².